The number of nitrogens with one attached hydrogen (secondary N) is 1. The number of hydrogen-bond acceptors (Lipinski definition) is 5. The summed E-state index contributed by atoms with van der Waals surface area (Å²) in [4.78, 5) is 15.2. The molecule has 1 aliphatic heterocycles. The lowest BCUT2D eigenvalue weighted by Crippen LogP contribution is -2.29. The number of nitrogens with zero attached hydrogens (tertiary/aromatic N) is 5. The van der Waals surface area contributed by atoms with Crippen LogP contribution in [-0.4, -0.2) is 49.8 Å². The fraction of sp³-hybridized carbons (Fsp3) is 0.350. The number of hydrogen-bond donors (Lipinski definition) is 1. The first kappa shape index (κ1) is 16.6. The molecule has 1 aliphatic rings. The summed E-state index contributed by atoms with van der Waals surface area (Å²) in [6, 6.07) is 2.19. The van der Waals surface area contributed by atoms with Crippen LogP contribution in [-0.2, 0) is 7.05 Å². The Kier molecular flexibility index (Phi) is 4.06. The maximum atomic E-state index is 4.96. The van der Waals surface area contributed by atoms with E-state index in [-0.39, 0.29) is 0 Å². The van der Waals surface area contributed by atoms with Crippen LogP contribution >= 0.6 is 11.3 Å². The van der Waals surface area contributed by atoms with Gasteiger partial charge in [-0.1, -0.05) is 0 Å². The number of piperidine rings is 1. The second-order valence-corrected chi connectivity index (χ2v) is 8.24. The van der Waals surface area contributed by atoms with Gasteiger partial charge in [0.05, 0.1) is 11.9 Å². The van der Waals surface area contributed by atoms with Crippen molar-refractivity contribution in [2.45, 2.75) is 18.8 Å². The molecule has 0 aliphatic carbocycles. The Morgan fingerprint density at radius 1 is 1.15 bits per heavy atom. The Labute approximate surface area is 161 Å². The molecule has 5 heterocycles. The molecule has 6 nitrogen and oxygen atoms in total. The molecule has 0 saturated carbocycles. The number of rotatable bonds is 3. The fourth-order valence-electron chi connectivity index (χ4n) is 3.83. The van der Waals surface area contributed by atoms with Crippen LogP contribution < -0.4 is 0 Å². The first-order valence-electron chi connectivity index (χ1n) is 9.28. The lowest BCUT2D eigenvalue weighted by Gasteiger charge is -2.27. The number of pyridine rings is 1. The van der Waals surface area contributed by atoms with E-state index in [0.717, 1.165) is 45.8 Å². The quantitative estimate of drug-likeness (QED) is 0.587. The number of likely N-dealkylation sites (tertiary alicyclic amines) is 1. The maximum absolute atomic E-state index is 4.96. The van der Waals surface area contributed by atoms with Gasteiger partial charge in [-0.05, 0) is 39.0 Å². The van der Waals surface area contributed by atoms with Crippen LogP contribution in [0, 0.1) is 0 Å². The standard InChI is InChI=1S/C20H22N6S/c1-25-5-3-13(4-6-25)18-12-27-20(24-18)14-7-16-17(10-22-19(16)21-8-14)15-9-23-26(2)11-15/h7-13H,3-6H2,1-2H3,(H,21,22). The highest BCUT2D eigenvalue weighted by molar-refractivity contribution is 7.13. The molecule has 0 aromatic carbocycles. The lowest BCUT2D eigenvalue weighted by molar-refractivity contribution is 0.254. The van der Waals surface area contributed by atoms with Gasteiger partial charge in [0.2, 0.25) is 0 Å². The van der Waals surface area contributed by atoms with Gasteiger partial charge in [0.1, 0.15) is 10.7 Å². The fourth-order valence-corrected chi connectivity index (χ4v) is 4.71. The second-order valence-electron chi connectivity index (χ2n) is 7.38. The third-order valence-electron chi connectivity index (χ3n) is 5.45. The van der Waals surface area contributed by atoms with Crippen molar-refractivity contribution < 1.29 is 0 Å². The van der Waals surface area contributed by atoms with Crippen LogP contribution in [0.2, 0.25) is 0 Å². The van der Waals surface area contributed by atoms with E-state index in [1.165, 1.54) is 18.5 Å². The lowest BCUT2D eigenvalue weighted by atomic mass is 9.94. The number of aromatic amines is 1. The van der Waals surface area contributed by atoms with E-state index in [0.29, 0.717) is 5.92 Å². The van der Waals surface area contributed by atoms with Crippen molar-refractivity contribution in [1.82, 2.24) is 29.6 Å². The number of aryl methyl sites for hydroxylation is 1. The summed E-state index contributed by atoms with van der Waals surface area (Å²) in [5.41, 5.74) is 5.43. The monoisotopic (exact) mass is 378 g/mol. The van der Waals surface area contributed by atoms with Crippen molar-refractivity contribution >= 4 is 22.4 Å². The molecule has 5 rings (SSSR count). The van der Waals surface area contributed by atoms with Gasteiger partial charge in [0.15, 0.2) is 0 Å². The number of aromatic nitrogens is 5. The third kappa shape index (κ3) is 3.07. The van der Waals surface area contributed by atoms with Crippen molar-refractivity contribution in [3.63, 3.8) is 0 Å². The summed E-state index contributed by atoms with van der Waals surface area (Å²) in [5, 5.41) is 8.68. The van der Waals surface area contributed by atoms with Crippen molar-refractivity contribution in [3.8, 4) is 21.7 Å². The second kappa shape index (κ2) is 6.58. The summed E-state index contributed by atoms with van der Waals surface area (Å²) in [7, 11) is 4.13. The molecule has 4 aromatic heterocycles. The van der Waals surface area contributed by atoms with Crippen molar-refractivity contribution in [2.24, 2.45) is 7.05 Å². The molecule has 138 valence electrons. The zero-order chi connectivity index (χ0) is 18.4. The van der Waals surface area contributed by atoms with Crippen molar-refractivity contribution in [2.75, 3.05) is 20.1 Å². The van der Waals surface area contributed by atoms with E-state index in [2.05, 4.69) is 38.5 Å². The van der Waals surface area contributed by atoms with E-state index < -0.39 is 0 Å². The van der Waals surface area contributed by atoms with Gasteiger partial charge in [-0.2, -0.15) is 5.10 Å². The van der Waals surface area contributed by atoms with Gasteiger partial charge in [-0.15, -0.1) is 11.3 Å². The summed E-state index contributed by atoms with van der Waals surface area (Å²) >= 11 is 1.72. The van der Waals surface area contributed by atoms with Gasteiger partial charge in [-0.25, -0.2) is 9.97 Å². The summed E-state index contributed by atoms with van der Waals surface area (Å²) in [6.45, 7) is 2.31. The molecule has 0 amide bonds. The van der Waals surface area contributed by atoms with E-state index in [4.69, 9.17) is 4.98 Å². The molecule has 1 N–H and O–H groups in total. The van der Waals surface area contributed by atoms with Gasteiger partial charge in [0.25, 0.3) is 0 Å². The van der Waals surface area contributed by atoms with Crippen LogP contribution in [0.3, 0.4) is 0 Å². The molecule has 4 aromatic rings. The highest BCUT2D eigenvalue weighted by atomic mass is 32.1. The number of H-pyrrole nitrogens is 1. The minimum absolute atomic E-state index is 0.584. The zero-order valence-electron chi connectivity index (χ0n) is 15.5. The van der Waals surface area contributed by atoms with E-state index in [1.54, 1.807) is 11.3 Å². The van der Waals surface area contributed by atoms with Crippen LogP contribution in [0.15, 0.2) is 36.2 Å². The molecule has 0 unspecified atom stereocenters. The van der Waals surface area contributed by atoms with Crippen molar-refractivity contribution in [1.29, 1.82) is 0 Å². The molecule has 0 atom stereocenters. The highest BCUT2D eigenvalue weighted by Crippen LogP contribution is 2.34. The van der Waals surface area contributed by atoms with Crippen LogP contribution in [0.5, 0.6) is 0 Å². The van der Waals surface area contributed by atoms with Gasteiger partial charge in [-0.3, -0.25) is 4.68 Å². The molecule has 0 spiro atoms. The Hall–Kier alpha value is -2.51. The molecule has 1 fully saturated rings. The predicted octanol–water partition coefficient (Wildman–Crippen LogP) is 3.90. The number of thiazole rings is 1. The molecule has 1 saturated heterocycles. The average Bonchev–Trinajstić information content (AvgIpc) is 3.40. The minimum Gasteiger partial charge on any atom is -0.346 e. The van der Waals surface area contributed by atoms with Gasteiger partial charge in [0, 0.05) is 59.0 Å². The predicted molar refractivity (Wildman–Crippen MR) is 109 cm³/mol. The van der Waals surface area contributed by atoms with Crippen LogP contribution in [0.4, 0.5) is 0 Å². The summed E-state index contributed by atoms with van der Waals surface area (Å²) < 4.78 is 1.82. The van der Waals surface area contributed by atoms with Crippen LogP contribution in [0.1, 0.15) is 24.5 Å². The Morgan fingerprint density at radius 3 is 2.78 bits per heavy atom. The van der Waals surface area contributed by atoms with E-state index in [1.807, 2.05) is 36.5 Å². The normalized spacial score (nSPS) is 16.4. The minimum atomic E-state index is 0.584. The van der Waals surface area contributed by atoms with Crippen LogP contribution in [0.25, 0.3) is 32.7 Å². The largest absolute Gasteiger partial charge is 0.346 e. The zero-order valence-corrected chi connectivity index (χ0v) is 16.3. The topological polar surface area (TPSA) is 62.6 Å². The smallest absolute Gasteiger partial charge is 0.137 e. The molecule has 0 bridgehead atoms. The highest BCUT2D eigenvalue weighted by Gasteiger charge is 2.21. The Bertz CT molecular complexity index is 1080. The SMILES string of the molecule is CN1CCC(c2csc(-c3cnc4[nH]cc(-c5cnn(C)c5)c4c3)n2)CC1. The van der Waals surface area contributed by atoms with E-state index in [9.17, 15) is 0 Å². The Morgan fingerprint density at radius 2 is 2.00 bits per heavy atom. The number of fused-ring (bicyclic) bond motifs is 1. The summed E-state index contributed by atoms with van der Waals surface area (Å²) in [5.74, 6) is 0.584. The molecule has 27 heavy (non-hydrogen) atoms. The van der Waals surface area contributed by atoms with Gasteiger partial charge < -0.3 is 9.88 Å². The molecular formula is C20H22N6S. The third-order valence-corrected chi connectivity index (χ3v) is 6.36. The molecule has 7 heteroatoms. The average molecular weight is 379 g/mol. The maximum Gasteiger partial charge on any atom is 0.137 e. The van der Waals surface area contributed by atoms with Gasteiger partial charge >= 0.3 is 0 Å². The first-order valence-corrected chi connectivity index (χ1v) is 10.2. The van der Waals surface area contributed by atoms with E-state index >= 15 is 0 Å². The summed E-state index contributed by atoms with van der Waals surface area (Å²) in [6.07, 6.45) is 10.2. The molecule has 0 radical (unpaired) electrons. The first-order chi connectivity index (χ1) is 13.2. The molecular weight excluding hydrogens is 356 g/mol. The Balaban J connectivity index is 1.49. The van der Waals surface area contributed by atoms with Crippen molar-refractivity contribution in [3.05, 3.63) is 41.9 Å².